The summed E-state index contributed by atoms with van der Waals surface area (Å²) in [5.74, 6) is 0.193. The van der Waals surface area contributed by atoms with Gasteiger partial charge in [-0.15, -0.1) is 0 Å². The van der Waals surface area contributed by atoms with E-state index in [1.807, 2.05) is 42.5 Å². The van der Waals surface area contributed by atoms with Crippen molar-refractivity contribution in [3.8, 4) is 0 Å². The van der Waals surface area contributed by atoms with Gasteiger partial charge in [0.15, 0.2) is 5.78 Å². The first-order valence-electron chi connectivity index (χ1n) is 8.16. The number of likely N-dealkylation sites (tertiary alicyclic amines) is 1. The Bertz CT molecular complexity index is 726. The van der Waals surface area contributed by atoms with E-state index in [4.69, 9.17) is 0 Å². The average Bonchev–Trinajstić information content (AvgIpc) is 3.07. The minimum atomic E-state index is -0.0793. The van der Waals surface area contributed by atoms with E-state index in [0.717, 1.165) is 35.7 Å². The largest absolute Gasteiger partial charge is 0.358 e. The summed E-state index contributed by atoms with van der Waals surface area (Å²) in [4.78, 5) is 26.4. The molecule has 0 aromatic heterocycles. The average molecular weight is 310 g/mol. The smallest absolute Gasteiger partial charge is 0.237 e. The second kappa shape index (κ2) is 6.92. The standard InChI is InChI=1S/C19H22N2O2/c1-20-19(23)17-7-4-11-21(17)12-10-18(22)16-9-8-14-5-2-3-6-15(14)13-16/h2-3,5-6,8-9,13,17H,4,7,10-12H2,1H3,(H,20,23)/t17-/m1/s1. The van der Waals surface area contributed by atoms with Crippen LogP contribution in [0.4, 0.5) is 0 Å². The summed E-state index contributed by atoms with van der Waals surface area (Å²) in [5, 5.41) is 4.94. The van der Waals surface area contributed by atoms with E-state index in [-0.39, 0.29) is 17.7 Å². The Hall–Kier alpha value is -2.20. The number of hydrogen-bond donors (Lipinski definition) is 1. The van der Waals surface area contributed by atoms with Crippen molar-refractivity contribution in [2.45, 2.75) is 25.3 Å². The zero-order chi connectivity index (χ0) is 16.2. The van der Waals surface area contributed by atoms with Crippen molar-refractivity contribution in [1.29, 1.82) is 0 Å². The molecule has 4 heteroatoms. The molecule has 0 bridgehead atoms. The minimum absolute atomic E-state index is 0.0562. The van der Waals surface area contributed by atoms with Crippen LogP contribution in [-0.2, 0) is 4.79 Å². The van der Waals surface area contributed by atoms with Crippen LogP contribution in [-0.4, -0.2) is 42.8 Å². The van der Waals surface area contributed by atoms with Gasteiger partial charge in [-0.3, -0.25) is 14.5 Å². The van der Waals surface area contributed by atoms with Gasteiger partial charge in [0, 0.05) is 25.6 Å². The highest BCUT2D eigenvalue weighted by molar-refractivity contribution is 6.00. The second-order valence-corrected chi connectivity index (χ2v) is 6.04. The lowest BCUT2D eigenvalue weighted by Gasteiger charge is -2.22. The van der Waals surface area contributed by atoms with Crippen LogP contribution in [0.5, 0.6) is 0 Å². The third-order valence-corrected chi connectivity index (χ3v) is 4.61. The molecule has 1 fully saturated rings. The molecule has 2 aromatic carbocycles. The third kappa shape index (κ3) is 3.42. The molecule has 4 nitrogen and oxygen atoms in total. The Labute approximate surface area is 136 Å². The van der Waals surface area contributed by atoms with Crippen LogP contribution in [0.1, 0.15) is 29.6 Å². The number of hydrogen-bond acceptors (Lipinski definition) is 3. The molecule has 1 N–H and O–H groups in total. The number of fused-ring (bicyclic) bond motifs is 1. The number of ketones is 1. The van der Waals surface area contributed by atoms with Gasteiger partial charge in [0.2, 0.25) is 5.91 Å². The molecule has 1 aliphatic rings. The van der Waals surface area contributed by atoms with Crippen molar-refractivity contribution in [2.75, 3.05) is 20.1 Å². The van der Waals surface area contributed by atoms with Crippen molar-refractivity contribution >= 4 is 22.5 Å². The predicted molar refractivity (Wildman–Crippen MR) is 91.6 cm³/mol. The molecule has 3 rings (SSSR count). The number of amides is 1. The highest BCUT2D eigenvalue weighted by atomic mass is 16.2. The molecule has 0 spiro atoms. The first kappa shape index (κ1) is 15.7. The summed E-state index contributed by atoms with van der Waals surface area (Å²) in [7, 11) is 1.67. The molecule has 0 saturated carbocycles. The number of likely N-dealkylation sites (N-methyl/N-ethyl adjacent to an activating group) is 1. The summed E-state index contributed by atoms with van der Waals surface area (Å²) in [6.07, 6.45) is 2.35. The molecule has 1 aliphatic heterocycles. The van der Waals surface area contributed by atoms with Crippen LogP contribution in [0.3, 0.4) is 0 Å². The maximum Gasteiger partial charge on any atom is 0.237 e. The Morgan fingerprint density at radius 3 is 2.74 bits per heavy atom. The molecule has 0 aliphatic carbocycles. The second-order valence-electron chi connectivity index (χ2n) is 6.04. The van der Waals surface area contributed by atoms with E-state index in [2.05, 4.69) is 10.2 Å². The third-order valence-electron chi connectivity index (χ3n) is 4.61. The number of benzene rings is 2. The lowest BCUT2D eigenvalue weighted by molar-refractivity contribution is -0.124. The van der Waals surface area contributed by atoms with Gasteiger partial charge in [-0.25, -0.2) is 0 Å². The van der Waals surface area contributed by atoms with Crippen LogP contribution >= 0.6 is 0 Å². The Balaban J connectivity index is 1.65. The molecule has 0 radical (unpaired) electrons. The van der Waals surface area contributed by atoms with Gasteiger partial charge in [-0.2, -0.15) is 0 Å². The van der Waals surface area contributed by atoms with Gasteiger partial charge in [0.05, 0.1) is 6.04 Å². The van der Waals surface area contributed by atoms with E-state index in [0.29, 0.717) is 13.0 Å². The van der Waals surface area contributed by atoms with Crippen LogP contribution < -0.4 is 5.32 Å². The van der Waals surface area contributed by atoms with E-state index in [9.17, 15) is 9.59 Å². The quantitative estimate of drug-likeness (QED) is 0.864. The summed E-state index contributed by atoms with van der Waals surface area (Å²) in [6.45, 7) is 1.53. The van der Waals surface area contributed by atoms with Gasteiger partial charge in [-0.05, 0) is 36.2 Å². The van der Waals surface area contributed by atoms with Crippen molar-refractivity contribution in [3.05, 3.63) is 48.0 Å². The van der Waals surface area contributed by atoms with E-state index < -0.39 is 0 Å². The maximum atomic E-state index is 12.5. The van der Waals surface area contributed by atoms with Gasteiger partial charge < -0.3 is 5.32 Å². The molecular formula is C19H22N2O2. The summed E-state index contributed by atoms with van der Waals surface area (Å²) >= 11 is 0. The number of rotatable bonds is 5. The molecule has 120 valence electrons. The van der Waals surface area contributed by atoms with E-state index in [1.54, 1.807) is 7.05 Å². The van der Waals surface area contributed by atoms with E-state index in [1.165, 1.54) is 0 Å². The number of nitrogens with one attached hydrogen (secondary N) is 1. The summed E-state index contributed by atoms with van der Waals surface area (Å²) < 4.78 is 0. The summed E-state index contributed by atoms with van der Waals surface area (Å²) in [6, 6.07) is 13.8. The highest BCUT2D eigenvalue weighted by Crippen LogP contribution is 2.20. The SMILES string of the molecule is CNC(=O)[C@H]1CCCN1CCC(=O)c1ccc2ccccc2c1. The van der Waals surface area contributed by atoms with E-state index >= 15 is 0 Å². The van der Waals surface area contributed by atoms with Gasteiger partial charge in [-0.1, -0.05) is 36.4 Å². The van der Waals surface area contributed by atoms with Crippen molar-refractivity contribution in [3.63, 3.8) is 0 Å². The normalized spacial score (nSPS) is 18.2. The fourth-order valence-corrected chi connectivity index (χ4v) is 3.31. The zero-order valence-corrected chi connectivity index (χ0v) is 13.4. The first-order chi connectivity index (χ1) is 11.2. The monoisotopic (exact) mass is 310 g/mol. The fourth-order valence-electron chi connectivity index (χ4n) is 3.31. The molecule has 2 aromatic rings. The molecule has 1 heterocycles. The number of carbonyl (C=O) groups excluding carboxylic acids is 2. The number of carbonyl (C=O) groups is 2. The minimum Gasteiger partial charge on any atom is -0.358 e. The van der Waals surface area contributed by atoms with Crippen molar-refractivity contribution in [1.82, 2.24) is 10.2 Å². The molecule has 1 atom stereocenters. The maximum absolute atomic E-state index is 12.5. The van der Waals surface area contributed by atoms with Gasteiger partial charge in [0.1, 0.15) is 0 Å². The fraction of sp³-hybridized carbons (Fsp3) is 0.368. The molecular weight excluding hydrogens is 288 g/mol. The van der Waals surface area contributed by atoms with Crippen LogP contribution in [0.15, 0.2) is 42.5 Å². The predicted octanol–water partition coefficient (Wildman–Crippen LogP) is 2.62. The van der Waals surface area contributed by atoms with Crippen LogP contribution in [0.25, 0.3) is 10.8 Å². The molecule has 0 unspecified atom stereocenters. The van der Waals surface area contributed by atoms with Crippen molar-refractivity contribution in [2.24, 2.45) is 0 Å². The van der Waals surface area contributed by atoms with Gasteiger partial charge >= 0.3 is 0 Å². The molecule has 23 heavy (non-hydrogen) atoms. The van der Waals surface area contributed by atoms with Crippen LogP contribution in [0.2, 0.25) is 0 Å². The zero-order valence-electron chi connectivity index (χ0n) is 13.4. The Morgan fingerprint density at radius 2 is 1.96 bits per heavy atom. The topological polar surface area (TPSA) is 49.4 Å². The number of nitrogens with zero attached hydrogens (tertiary/aromatic N) is 1. The molecule has 1 saturated heterocycles. The van der Waals surface area contributed by atoms with Gasteiger partial charge in [0.25, 0.3) is 0 Å². The first-order valence-corrected chi connectivity index (χ1v) is 8.16. The lowest BCUT2D eigenvalue weighted by atomic mass is 10.0. The number of Topliss-reactive ketones (excluding diaryl/α,β-unsaturated/α-hetero) is 1. The highest BCUT2D eigenvalue weighted by Gasteiger charge is 2.29. The molecule has 1 amide bonds. The Morgan fingerprint density at radius 1 is 1.17 bits per heavy atom. The Kier molecular flexibility index (Phi) is 4.72. The lowest BCUT2D eigenvalue weighted by Crippen LogP contribution is -2.42. The van der Waals surface area contributed by atoms with Crippen LogP contribution in [0, 0.1) is 0 Å². The van der Waals surface area contributed by atoms with Crippen molar-refractivity contribution < 1.29 is 9.59 Å². The summed E-state index contributed by atoms with van der Waals surface area (Å²) in [5.41, 5.74) is 0.749.